The Hall–Kier alpha value is -1.07. The molecule has 0 heterocycles. The summed E-state index contributed by atoms with van der Waals surface area (Å²) in [5.74, 6) is 0.0960. The van der Waals surface area contributed by atoms with Gasteiger partial charge in [-0.3, -0.25) is 4.79 Å². The van der Waals surface area contributed by atoms with E-state index in [0.717, 1.165) is 36.1 Å². The van der Waals surface area contributed by atoms with Crippen molar-refractivity contribution in [2.75, 3.05) is 25.0 Å². The minimum absolute atomic E-state index is 0.0960. The van der Waals surface area contributed by atoms with Gasteiger partial charge in [0.25, 0.3) is 0 Å². The topological polar surface area (TPSA) is 44.4 Å². The molecule has 0 spiro atoms. The van der Waals surface area contributed by atoms with Crippen LogP contribution in [0.5, 0.6) is 0 Å². The average molecular weight is 340 g/mol. The molecule has 1 aromatic carbocycles. The zero-order chi connectivity index (χ0) is 14.5. The smallest absolute Gasteiger partial charge is 0.239 e. The van der Waals surface area contributed by atoms with Crippen molar-refractivity contribution in [2.24, 2.45) is 0 Å². The van der Waals surface area contributed by atoms with Crippen LogP contribution >= 0.6 is 15.9 Å². The van der Waals surface area contributed by atoms with Gasteiger partial charge in [-0.25, -0.2) is 0 Å². The molecule has 0 aromatic heterocycles. The van der Waals surface area contributed by atoms with Crippen molar-refractivity contribution in [3.05, 3.63) is 28.2 Å². The number of nitrogens with one attached hydrogen (secondary N) is 2. The number of hydrogen-bond donors (Lipinski definition) is 2. The quantitative estimate of drug-likeness (QED) is 0.800. The summed E-state index contributed by atoms with van der Waals surface area (Å²) in [6.45, 7) is 4.30. The highest BCUT2D eigenvalue weighted by Gasteiger charge is 2.23. The molecule has 5 heteroatoms. The fraction of sp³-hybridized carbons (Fsp3) is 0.533. The molecule has 1 amide bonds. The lowest BCUT2D eigenvalue weighted by molar-refractivity contribution is -0.119. The third kappa shape index (κ3) is 4.49. The van der Waals surface area contributed by atoms with Crippen LogP contribution < -0.4 is 15.5 Å². The number of rotatable bonds is 7. The summed E-state index contributed by atoms with van der Waals surface area (Å²) in [6, 6.07) is 6.67. The number of carbonyl (C=O) groups excluding carboxylic acids is 1. The van der Waals surface area contributed by atoms with Crippen LogP contribution in [-0.2, 0) is 11.3 Å². The molecule has 0 unspecified atom stereocenters. The summed E-state index contributed by atoms with van der Waals surface area (Å²) in [5.41, 5.74) is 2.27. The first kappa shape index (κ1) is 15.3. The average Bonchev–Trinajstić information content (AvgIpc) is 3.19. The number of nitrogens with zero attached hydrogens (tertiary/aromatic N) is 1. The van der Waals surface area contributed by atoms with Crippen LogP contribution in [-0.4, -0.2) is 32.1 Å². The second-order valence-electron chi connectivity index (χ2n) is 5.26. The van der Waals surface area contributed by atoms with Gasteiger partial charge < -0.3 is 15.5 Å². The van der Waals surface area contributed by atoms with Gasteiger partial charge >= 0.3 is 0 Å². The van der Waals surface area contributed by atoms with Crippen molar-refractivity contribution < 1.29 is 4.79 Å². The van der Waals surface area contributed by atoms with Crippen LogP contribution in [0.25, 0.3) is 0 Å². The number of anilines is 1. The maximum Gasteiger partial charge on any atom is 0.239 e. The van der Waals surface area contributed by atoms with Crippen molar-refractivity contribution in [1.29, 1.82) is 0 Å². The minimum Gasteiger partial charge on any atom is -0.364 e. The fourth-order valence-corrected chi connectivity index (χ4v) is 2.77. The summed E-state index contributed by atoms with van der Waals surface area (Å²) < 4.78 is 1.02. The Labute approximate surface area is 129 Å². The predicted molar refractivity (Wildman–Crippen MR) is 86.0 cm³/mol. The maximum absolute atomic E-state index is 11.8. The van der Waals surface area contributed by atoms with Crippen LogP contribution in [0.3, 0.4) is 0 Å². The van der Waals surface area contributed by atoms with E-state index in [4.69, 9.17) is 0 Å². The monoisotopic (exact) mass is 339 g/mol. The van der Waals surface area contributed by atoms with Crippen LogP contribution in [0.4, 0.5) is 5.69 Å². The second kappa shape index (κ2) is 7.09. The molecule has 0 atom stereocenters. The molecule has 1 aliphatic carbocycles. The summed E-state index contributed by atoms with van der Waals surface area (Å²) in [7, 11) is 1.94. The Morgan fingerprint density at radius 3 is 2.80 bits per heavy atom. The summed E-state index contributed by atoms with van der Waals surface area (Å²) >= 11 is 3.59. The van der Waals surface area contributed by atoms with Gasteiger partial charge in [0, 0.05) is 24.1 Å². The van der Waals surface area contributed by atoms with Crippen LogP contribution in [0.15, 0.2) is 22.7 Å². The largest absolute Gasteiger partial charge is 0.364 e. The molecule has 110 valence electrons. The molecule has 1 aliphatic rings. The van der Waals surface area contributed by atoms with Crippen molar-refractivity contribution in [3.8, 4) is 0 Å². The van der Waals surface area contributed by atoms with Gasteiger partial charge in [0.2, 0.25) is 5.91 Å². The normalized spacial score (nSPS) is 14.2. The molecule has 0 radical (unpaired) electrons. The third-order valence-corrected chi connectivity index (χ3v) is 3.96. The first-order valence-corrected chi connectivity index (χ1v) is 7.89. The van der Waals surface area contributed by atoms with E-state index in [1.54, 1.807) is 0 Å². The van der Waals surface area contributed by atoms with Crippen molar-refractivity contribution >= 4 is 27.5 Å². The van der Waals surface area contributed by atoms with Crippen LogP contribution in [0.1, 0.15) is 25.3 Å². The van der Waals surface area contributed by atoms with E-state index in [9.17, 15) is 4.79 Å². The lowest BCUT2D eigenvalue weighted by Crippen LogP contribution is -2.36. The first-order chi connectivity index (χ1) is 9.60. The molecule has 1 fully saturated rings. The molecule has 1 saturated carbocycles. The van der Waals surface area contributed by atoms with Gasteiger partial charge in [-0.2, -0.15) is 0 Å². The Kier molecular flexibility index (Phi) is 5.43. The third-order valence-electron chi connectivity index (χ3n) is 3.33. The van der Waals surface area contributed by atoms with Crippen molar-refractivity contribution in [3.63, 3.8) is 0 Å². The molecule has 20 heavy (non-hydrogen) atoms. The maximum atomic E-state index is 11.8. The molecule has 4 nitrogen and oxygen atoms in total. The van der Waals surface area contributed by atoms with Crippen LogP contribution in [0, 0.1) is 0 Å². The van der Waals surface area contributed by atoms with Gasteiger partial charge in [-0.05, 0) is 53.0 Å². The van der Waals surface area contributed by atoms with E-state index in [-0.39, 0.29) is 5.91 Å². The Bertz CT molecular complexity index is 474. The van der Waals surface area contributed by atoms with Crippen LogP contribution in [0.2, 0.25) is 0 Å². The highest BCUT2D eigenvalue weighted by molar-refractivity contribution is 9.10. The molecule has 2 rings (SSSR count). The van der Waals surface area contributed by atoms with E-state index in [2.05, 4.69) is 51.7 Å². The number of amides is 1. The molecule has 2 N–H and O–H groups in total. The van der Waals surface area contributed by atoms with E-state index >= 15 is 0 Å². The fourth-order valence-electron chi connectivity index (χ4n) is 2.04. The Balaban J connectivity index is 1.94. The van der Waals surface area contributed by atoms with E-state index < -0.39 is 0 Å². The highest BCUT2D eigenvalue weighted by atomic mass is 79.9. The van der Waals surface area contributed by atoms with E-state index in [1.807, 2.05) is 11.9 Å². The number of carbonyl (C=O) groups is 1. The zero-order valence-electron chi connectivity index (χ0n) is 12.1. The van der Waals surface area contributed by atoms with Gasteiger partial charge in [0.1, 0.15) is 0 Å². The van der Waals surface area contributed by atoms with E-state index in [0.29, 0.717) is 12.6 Å². The lowest BCUT2D eigenvalue weighted by atomic mass is 10.2. The molecule has 0 aliphatic heterocycles. The molecular weight excluding hydrogens is 318 g/mol. The zero-order valence-corrected chi connectivity index (χ0v) is 13.7. The number of hydrogen-bond acceptors (Lipinski definition) is 3. The molecule has 0 saturated heterocycles. The van der Waals surface area contributed by atoms with Gasteiger partial charge in [0.05, 0.1) is 12.2 Å². The molecular formula is C15H22BrN3O. The summed E-state index contributed by atoms with van der Waals surface area (Å²) in [6.07, 6.45) is 2.25. The number of likely N-dealkylation sites (N-methyl/N-ethyl adjacent to an activating group) is 1. The summed E-state index contributed by atoms with van der Waals surface area (Å²) in [4.78, 5) is 13.8. The lowest BCUT2D eigenvalue weighted by Gasteiger charge is -2.21. The number of benzene rings is 1. The van der Waals surface area contributed by atoms with Gasteiger partial charge in [-0.1, -0.05) is 13.0 Å². The standard InChI is InChI=1S/C15H22BrN3O/c1-3-17-9-11-4-7-14(13(16)8-11)19(2)10-15(20)18-12-5-6-12/h4,7-8,12,17H,3,5-6,9-10H2,1-2H3,(H,18,20). The molecule has 0 bridgehead atoms. The van der Waals surface area contributed by atoms with Gasteiger partial charge in [-0.15, -0.1) is 0 Å². The Morgan fingerprint density at radius 1 is 1.45 bits per heavy atom. The van der Waals surface area contributed by atoms with Crippen molar-refractivity contribution in [1.82, 2.24) is 10.6 Å². The highest BCUT2D eigenvalue weighted by Crippen LogP contribution is 2.26. The Morgan fingerprint density at radius 2 is 2.20 bits per heavy atom. The second-order valence-corrected chi connectivity index (χ2v) is 6.12. The molecule has 1 aromatic rings. The number of halogens is 1. The van der Waals surface area contributed by atoms with Crippen molar-refractivity contribution in [2.45, 2.75) is 32.4 Å². The van der Waals surface area contributed by atoms with E-state index in [1.165, 1.54) is 5.56 Å². The predicted octanol–water partition coefficient (Wildman–Crippen LogP) is 2.27. The summed E-state index contributed by atoms with van der Waals surface area (Å²) in [5, 5.41) is 6.31. The minimum atomic E-state index is 0.0960. The first-order valence-electron chi connectivity index (χ1n) is 7.09. The SMILES string of the molecule is CCNCc1ccc(N(C)CC(=O)NC2CC2)c(Br)c1. The van der Waals surface area contributed by atoms with Gasteiger partial charge in [0.15, 0.2) is 0 Å².